The highest BCUT2D eigenvalue weighted by Gasteiger charge is 2.26. The molecule has 2 atom stereocenters. The fourth-order valence-electron chi connectivity index (χ4n) is 2.19. The molecule has 1 aromatic heterocycles. The molecule has 1 aromatic carbocycles. The van der Waals surface area contributed by atoms with Crippen molar-refractivity contribution < 1.29 is 19.5 Å². The van der Waals surface area contributed by atoms with Crippen molar-refractivity contribution in [2.45, 2.75) is 32.9 Å². The summed E-state index contributed by atoms with van der Waals surface area (Å²) in [6.07, 6.45) is 1.33. The molecule has 0 aliphatic rings. The number of benzene rings is 1. The summed E-state index contributed by atoms with van der Waals surface area (Å²) in [5.74, 6) is -2.54. The number of aliphatic carboxylic acids is 1. The lowest BCUT2D eigenvalue weighted by Gasteiger charge is -2.21. The van der Waals surface area contributed by atoms with Crippen molar-refractivity contribution in [2.75, 3.05) is 0 Å². The first-order valence-electron chi connectivity index (χ1n) is 7.85. The Bertz CT molecular complexity index is 806. The van der Waals surface area contributed by atoms with Gasteiger partial charge < -0.3 is 15.7 Å². The van der Waals surface area contributed by atoms with Gasteiger partial charge in [0, 0.05) is 0 Å². The summed E-state index contributed by atoms with van der Waals surface area (Å²) in [4.78, 5) is 43.9. The van der Waals surface area contributed by atoms with Crippen LogP contribution in [0.4, 0.5) is 0 Å². The maximum atomic E-state index is 12.2. The summed E-state index contributed by atoms with van der Waals surface area (Å²) >= 11 is 0. The number of amides is 2. The normalized spacial score (nSPS) is 13.3. The van der Waals surface area contributed by atoms with Gasteiger partial charge in [0.05, 0.1) is 17.2 Å². The van der Waals surface area contributed by atoms with Gasteiger partial charge in [-0.2, -0.15) is 0 Å². The number of carbonyl (C=O) groups is 3. The summed E-state index contributed by atoms with van der Waals surface area (Å²) in [6.45, 7) is 4.85. The van der Waals surface area contributed by atoms with E-state index in [2.05, 4.69) is 20.6 Å². The average molecular weight is 344 g/mol. The first-order valence-corrected chi connectivity index (χ1v) is 7.85. The molecule has 0 fully saturated rings. The Morgan fingerprint density at radius 2 is 1.68 bits per heavy atom. The zero-order valence-corrected chi connectivity index (χ0v) is 14.2. The minimum atomic E-state index is -1.12. The molecule has 132 valence electrons. The number of nitrogens with one attached hydrogen (secondary N) is 2. The van der Waals surface area contributed by atoms with Crippen LogP contribution in [0.1, 0.15) is 31.3 Å². The molecule has 8 heteroatoms. The number of fused-ring (bicyclic) bond motifs is 1. The molecule has 0 unspecified atom stereocenters. The fraction of sp³-hybridized carbons (Fsp3) is 0.353. The van der Waals surface area contributed by atoms with Crippen LogP contribution in [0.25, 0.3) is 11.0 Å². The number of carboxylic acid groups (broad SMARTS) is 1. The van der Waals surface area contributed by atoms with Gasteiger partial charge in [-0.15, -0.1) is 0 Å². The Morgan fingerprint density at radius 3 is 2.28 bits per heavy atom. The minimum absolute atomic E-state index is 0.0806. The lowest BCUT2D eigenvalue weighted by Crippen LogP contribution is -2.52. The number of aromatic nitrogens is 2. The summed E-state index contributed by atoms with van der Waals surface area (Å²) in [6, 6.07) is 5.17. The molecule has 2 aromatic rings. The van der Waals surface area contributed by atoms with Crippen LogP contribution in [-0.4, -0.2) is 44.9 Å². The predicted octanol–water partition coefficient (Wildman–Crippen LogP) is 0.973. The number of hydrogen-bond donors (Lipinski definition) is 3. The Kier molecular flexibility index (Phi) is 5.63. The molecule has 0 saturated carbocycles. The Morgan fingerprint density at radius 1 is 1.04 bits per heavy atom. The first kappa shape index (κ1) is 18.3. The molecule has 0 spiro atoms. The highest BCUT2D eigenvalue weighted by Crippen LogP contribution is 2.08. The van der Waals surface area contributed by atoms with Crippen molar-refractivity contribution >= 4 is 28.8 Å². The van der Waals surface area contributed by atoms with Crippen LogP contribution in [0.3, 0.4) is 0 Å². The van der Waals surface area contributed by atoms with E-state index in [1.807, 2.05) is 6.07 Å². The number of rotatable bonds is 6. The number of nitrogens with zero attached hydrogens (tertiary/aromatic N) is 2. The summed E-state index contributed by atoms with van der Waals surface area (Å²) in [7, 11) is 0. The SMILES string of the molecule is CC(C)[C@@H](NC(=O)[C@@H](C)NC(=O)c1cnc2ccccc2n1)C(=O)O. The Hall–Kier alpha value is -3.03. The van der Waals surface area contributed by atoms with Crippen LogP contribution in [0.5, 0.6) is 0 Å². The molecule has 0 bridgehead atoms. The van der Waals surface area contributed by atoms with Gasteiger partial charge >= 0.3 is 5.97 Å². The van der Waals surface area contributed by atoms with Crippen LogP contribution < -0.4 is 10.6 Å². The summed E-state index contributed by atoms with van der Waals surface area (Å²) < 4.78 is 0. The smallest absolute Gasteiger partial charge is 0.326 e. The molecule has 0 aliphatic heterocycles. The minimum Gasteiger partial charge on any atom is -0.480 e. The third kappa shape index (κ3) is 4.50. The average Bonchev–Trinajstić information content (AvgIpc) is 2.58. The zero-order valence-electron chi connectivity index (χ0n) is 14.2. The van der Waals surface area contributed by atoms with E-state index in [-0.39, 0.29) is 11.6 Å². The monoisotopic (exact) mass is 344 g/mol. The van der Waals surface area contributed by atoms with E-state index in [1.165, 1.54) is 13.1 Å². The van der Waals surface area contributed by atoms with Crippen LogP contribution in [-0.2, 0) is 9.59 Å². The zero-order chi connectivity index (χ0) is 18.6. The largest absolute Gasteiger partial charge is 0.480 e. The standard InChI is InChI=1S/C17H20N4O4/c1-9(2)14(17(24)25)21-15(22)10(3)19-16(23)13-8-18-11-6-4-5-7-12(11)20-13/h4-10,14H,1-3H3,(H,19,23)(H,21,22)(H,24,25)/t10-,14-/m1/s1. The molecule has 3 N–H and O–H groups in total. The third-order valence-electron chi connectivity index (χ3n) is 3.65. The molecule has 25 heavy (non-hydrogen) atoms. The number of carbonyl (C=O) groups excluding carboxylic acids is 2. The molecular weight excluding hydrogens is 324 g/mol. The highest BCUT2D eigenvalue weighted by molar-refractivity contribution is 5.97. The van der Waals surface area contributed by atoms with Gasteiger partial charge in [-0.1, -0.05) is 26.0 Å². The molecule has 1 heterocycles. The third-order valence-corrected chi connectivity index (χ3v) is 3.65. The second kappa shape index (κ2) is 7.69. The van der Waals surface area contributed by atoms with Gasteiger partial charge in [0.15, 0.2) is 0 Å². The van der Waals surface area contributed by atoms with Crippen LogP contribution in [0.2, 0.25) is 0 Å². The van der Waals surface area contributed by atoms with Gasteiger partial charge in [-0.05, 0) is 25.0 Å². The van der Waals surface area contributed by atoms with Gasteiger partial charge in [0.1, 0.15) is 17.8 Å². The lowest BCUT2D eigenvalue weighted by atomic mass is 10.0. The molecule has 2 rings (SSSR count). The predicted molar refractivity (Wildman–Crippen MR) is 90.9 cm³/mol. The van der Waals surface area contributed by atoms with Crippen molar-refractivity contribution in [3.8, 4) is 0 Å². The molecule has 2 amide bonds. The van der Waals surface area contributed by atoms with E-state index in [1.54, 1.807) is 32.0 Å². The Labute approximate surface area is 144 Å². The molecule has 0 saturated heterocycles. The molecule has 0 radical (unpaired) electrons. The van der Waals surface area contributed by atoms with E-state index in [0.717, 1.165) is 0 Å². The molecule has 8 nitrogen and oxygen atoms in total. The van der Waals surface area contributed by atoms with Crippen LogP contribution in [0.15, 0.2) is 30.5 Å². The molecule has 0 aliphatic carbocycles. The van der Waals surface area contributed by atoms with Crippen molar-refractivity contribution in [3.05, 3.63) is 36.2 Å². The van der Waals surface area contributed by atoms with Gasteiger partial charge in [-0.25, -0.2) is 9.78 Å². The van der Waals surface area contributed by atoms with Crippen molar-refractivity contribution in [3.63, 3.8) is 0 Å². The van der Waals surface area contributed by atoms with Gasteiger partial charge in [0.25, 0.3) is 5.91 Å². The van der Waals surface area contributed by atoms with E-state index in [4.69, 9.17) is 5.11 Å². The topological polar surface area (TPSA) is 121 Å². The summed E-state index contributed by atoms with van der Waals surface area (Å²) in [5.41, 5.74) is 1.31. The quantitative estimate of drug-likeness (QED) is 0.718. The van der Waals surface area contributed by atoms with Gasteiger partial charge in [0.2, 0.25) is 5.91 Å². The van der Waals surface area contributed by atoms with E-state index in [9.17, 15) is 14.4 Å². The second-order valence-electron chi connectivity index (χ2n) is 6.01. The van der Waals surface area contributed by atoms with Crippen LogP contribution in [0, 0.1) is 5.92 Å². The van der Waals surface area contributed by atoms with E-state index in [0.29, 0.717) is 11.0 Å². The van der Waals surface area contributed by atoms with Crippen molar-refractivity contribution in [2.24, 2.45) is 5.92 Å². The lowest BCUT2D eigenvalue weighted by molar-refractivity contribution is -0.143. The Balaban J connectivity index is 2.05. The maximum Gasteiger partial charge on any atom is 0.326 e. The second-order valence-corrected chi connectivity index (χ2v) is 6.01. The number of para-hydroxylation sites is 2. The van der Waals surface area contributed by atoms with Crippen LogP contribution >= 0.6 is 0 Å². The first-order chi connectivity index (χ1) is 11.8. The summed E-state index contributed by atoms with van der Waals surface area (Å²) in [5, 5.41) is 14.0. The fourth-order valence-corrected chi connectivity index (χ4v) is 2.19. The number of carboxylic acids is 1. The van der Waals surface area contributed by atoms with Crippen molar-refractivity contribution in [1.29, 1.82) is 0 Å². The van der Waals surface area contributed by atoms with E-state index < -0.39 is 29.9 Å². The highest BCUT2D eigenvalue weighted by atomic mass is 16.4. The van der Waals surface area contributed by atoms with Crippen molar-refractivity contribution in [1.82, 2.24) is 20.6 Å². The maximum absolute atomic E-state index is 12.2. The molecular formula is C17H20N4O4. The number of hydrogen-bond acceptors (Lipinski definition) is 5. The van der Waals surface area contributed by atoms with Gasteiger partial charge in [-0.3, -0.25) is 14.6 Å². The van der Waals surface area contributed by atoms with E-state index >= 15 is 0 Å².